The van der Waals surface area contributed by atoms with Gasteiger partial charge in [-0.25, -0.2) is 4.79 Å². The first kappa shape index (κ1) is 23.1. The molecule has 3 rings (SSSR count). The van der Waals surface area contributed by atoms with Gasteiger partial charge in [0.2, 0.25) is 0 Å². The van der Waals surface area contributed by atoms with E-state index in [-0.39, 0.29) is 22.9 Å². The molecule has 1 aromatic carbocycles. The van der Waals surface area contributed by atoms with Crippen molar-refractivity contribution in [3.63, 3.8) is 0 Å². The standard InChI is InChI=1S/C24H28F3NO3/c1-6-13(2)31-22(30)19-14(3)28-17-11-23(4,5)12-18(29)21(17)20(19)15-7-9-16(10-8-15)24(25,26)27/h7-10,13,20,28H,6,11-12H2,1-5H3/t13-,20-/m0/s1. The smallest absolute Gasteiger partial charge is 0.416 e. The van der Waals surface area contributed by atoms with Crippen molar-refractivity contribution in [3.8, 4) is 0 Å². The van der Waals surface area contributed by atoms with Crippen molar-refractivity contribution in [2.24, 2.45) is 5.41 Å². The summed E-state index contributed by atoms with van der Waals surface area (Å²) in [5, 5.41) is 3.22. The molecule has 2 atom stereocenters. The predicted molar refractivity (Wildman–Crippen MR) is 111 cm³/mol. The Bertz CT molecular complexity index is 955. The number of ether oxygens (including phenoxy) is 1. The highest BCUT2D eigenvalue weighted by molar-refractivity contribution is 6.04. The summed E-state index contributed by atoms with van der Waals surface area (Å²) in [6.07, 6.45) is -3.26. The van der Waals surface area contributed by atoms with Crippen LogP contribution in [0, 0.1) is 5.41 Å². The number of hydrogen-bond donors (Lipinski definition) is 1. The number of Topliss-reactive ketones (excluding diaryl/α,β-unsaturated/α-hetero) is 1. The van der Waals surface area contributed by atoms with E-state index in [2.05, 4.69) is 5.32 Å². The fourth-order valence-corrected chi connectivity index (χ4v) is 4.23. The number of ketones is 1. The van der Waals surface area contributed by atoms with Crippen LogP contribution in [-0.2, 0) is 20.5 Å². The van der Waals surface area contributed by atoms with Crippen LogP contribution in [0.3, 0.4) is 0 Å². The van der Waals surface area contributed by atoms with Gasteiger partial charge in [-0.2, -0.15) is 13.2 Å². The molecule has 1 aliphatic heterocycles. The number of alkyl halides is 3. The fraction of sp³-hybridized carbons (Fsp3) is 0.500. The van der Waals surface area contributed by atoms with Gasteiger partial charge in [-0.05, 0) is 49.8 Å². The number of hydrogen-bond acceptors (Lipinski definition) is 4. The number of esters is 1. The SMILES string of the molecule is CC[C@H](C)OC(=O)C1=C(C)NC2=C(C(=O)CC(C)(C)C2)[C@H]1c1ccc(C(F)(F)F)cc1. The maximum absolute atomic E-state index is 13.2. The Morgan fingerprint density at radius 2 is 1.84 bits per heavy atom. The van der Waals surface area contributed by atoms with Crippen molar-refractivity contribution in [2.75, 3.05) is 0 Å². The summed E-state index contributed by atoms with van der Waals surface area (Å²) >= 11 is 0. The van der Waals surface area contributed by atoms with Crippen LogP contribution < -0.4 is 5.32 Å². The summed E-state index contributed by atoms with van der Waals surface area (Å²) < 4.78 is 44.8. The van der Waals surface area contributed by atoms with Crippen molar-refractivity contribution < 1.29 is 27.5 Å². The summed E-state index contributed by atoms with van der Waals surface area (Å²) in [4.78, 5) is 26.2. The van der Waals surface area contributed by atoms with Crippen LogP contribution >= 0.6 is 0 Å². The first-order valence-corrected chi connectivity index (χ1v) is 10.5. The Balaban J connectivity index is 2.13. The number of benzene rings is 1. The Kier molecular flexibility index (Phi) is 6.09. The number of allylic oxidation sites excluding steroid dienone is 3. The summed E-state index contributed by atoms with van der Waals surface area (Å²) in [5.74, 6) is -1.43. The molecule has 0 saturated heterocycles. The van der Waals surface area contributed by atoms with Crippen LogP contribution in [0.2, 0.25) is 0 Å². The molecule has 0 radical (unpaired) electrons. The molecular formula is C24H28F3NO3. The van der Waals surface area contributed by atoms with Gasteiger partial charge in [0.25, 0.3) is 0 Å². The van der Waals surface area contributed by atoms with Crippen molar-refractivity contribution in [2.45, 2.75) is 72.1 Å². The molecule has 0 amide bonds. The minimum absolute atomic E-state index is 0.106. The van der Waals surface area contributed by atoms with Gasteiger partial charge < -0.3 is 10.1 Å². The molecule has 1 aromatic rings. The third-order valence-electron chi connectivity index (χ3n) is 5.91. The van der Waals surface area contributed by atoms with E-state index in [1.807, 2.05) is 20.8 Å². The van der Waals surface area contributed by atoms with E-state index in [0.29, 0.717) is 36.1 Å². The van der Waals surface area contributed by atoms with Gasteiger partial charge in [-0.3, -0.25) is 4.79 Å². The van der Waals surface area contributed by atoms with E-state index < -0.39 is 23.6 Å². The second-order valence-corrected chi connectivity index (χ2v) is 9.17. The maximum atomic E-state index is 13.2. The van der Waals surface area contributed by atoms with Crippen LogP contribution in [0.4, 0.5) is 13.2 Å². The zero-order chi connectivity index (χ0) is 23.1. The Morgan fingerprint density at radius 1 is 1.23 bits per heavy atom. The normalized spacial score (nSPS) is 22.1. The molecule has 4 nitrogen and oxygen atoms in total. The second kappa shape index (κ2) is 8.17. The monoisotopic (exact) mass is 435 g/mol. The largest absolute Gasteiger partial charge is 0.459 e. The molecule has 0 fully saturated rings. The molecule has 1 aliphatic carbocycles. The van der Waals surface area contributed by atoms with E-state index in [0.717, 1.165) is 17.8 Å². The molecule has 168 valence electrons. The number of carbonyl (C=O) groups is 2. The highest BCUT2D eigenvalue weighted by atomic mass is 19.4. The van der Waals surface area contributed by atoms with Crippen molar-refractivity contribution in [3.05, 3.63) is 57.9 Å². The molecule has 31 heavy (non-hydrogen) atoms. The first-order chi connectivity index (χ1) is 14.3. The second-order valence-electron chi connectivity index (χ2n) is 9.17. The Hall–Kier alpha value is -2.57. The molecule has 0 saturated carbocycles. The third kappa shape index (κ3) is 4.70. The predicted octanol–water partition coefficient (Wildman–Crippen LogP) is 5.65. The van der Waals surface area contributed by atoms with Gasteiger partial charge in [-0.15, -0.1) is 0 Å². The number of rotatable bonds is 4. The van der Waals surface area contributed by atoms with Gasteiger partial charge in [0.1, 0.15) is 0 Å². The van der Waals surface area contributed by atoms with Crippen LogP contribution in [0.15, 0.2) is 46.8 Å². The molecule has 1 heterocycles. The lowest BCUT2D eigenvalue weighted by Crippen LogP contribution is -2.39. The summed E-state index contributed by atoms with van der Waals surface area (Å²) in [5.41, 5.74) is 1.44. The van der Waals surface area contributed by atoms with Crippen molar-refractivity contribution in [1.82, 2.24) is 5.32 Å². The molecule has 1 N–H and O–H groups in total. The summed E-state index contributed by atoms with van der Waals surface area (Å²) in [6, 6.07) is 4.67. The minimum Gasteiger partial charge on any atom is -0.459 e. The van der Waals surface area contributed by atoms with Gasteiger partial charge in [0.05, 0.1) is 17.2 Å². The molecule has 0 unspecified atom stereocenters. The van der Waals surface area contributed by atoms with Crippen LogP contribution in [0.25, 0.3) is 0 Å². The van der Waals surface area contributed by atoms with Gasteiger partial charge in [0.15, 0.2) is 5.78 Å². The zero-order valence-corrected chi connectivity index (χ0v) is 18.4. The van der Waals surface area contributed by atoms with Gasteiger partial charge in [0, 0.05) is 29.3 Å². The first-order valence-electron chi connectivity index (χ1n) is 10.5. The molecule has 0 spiro atoms. The van der Waals surface area contributed by atoms with Crippen molar-refractivity contribution >= 4 is 11.8 Å². The zero-order valence-electron chi connectivity index (χ0n) is 18.4. The highest BCUT2D eigenvalue weighted by Gasteiger charge is 2.43. The van der Waals surface area contributed by atoms with E-state index in [1.54, 1.807) is 13.8 Å². The molecule has 0 aromatic heterocycles. The lowest BCUT2D eigenvalue weighted by Gasteiger charge is -2.39. The van der Waals surface area contributed by atoms with E-state index >= 15 is 0 Å². The molecule has 2 aliphatic rings. The molecule has 7 heteroatoms. The number of carbonyl (C=O) groups excluding carboxylic acids is 2. The summed E-state index contributed by atoms with van der Waals surface area (Å²) in [7, 11) is 0. The summed E-state index contributed by atoms with van der Waals surface area (Å²) in [6.45, 7) is 9.39. The van der Waals surface area contributed by atoms with E-state index in [9.17, 15) is 22.8 Å². The van der Waals surface area contributed by atoms with Crippen LogP contribution in [-0.4, -0.2) is 17.9 Å². The lowest BCUT2D eigenvalue weighted by atomic mass is 9.68. The number of halogens is 3. The molecular weight excluding hydrogens is 407 g/mol. The maximum Gasteiger partial charge on any atom is 0.416 e. The van der Waals surface area contributed by atoms with Crippen LogP contribution in [0.1, 0.15) is 70.9 Å². The molecule has 0 bridgehead atoms. The lowest BCUT2D eigenvalue weighted by molar-refractivity contribution is -0.144. The minimum atomic E-state index is -4.47. The fourth-order valence-electron chi connectivity index (χ4n) is 4.23. The topological polar surface area (TPSA) is 55.4 Å². The van der Waals surface area contributed by atoms with Gasteiger partial charge in [-0.1, -0.05) is 32.9 Å². The van der Waals surface area contributed by atoms with Crippen molar-refractivity contribution in [1.29, 1.82) is 0 Å². The average Bonchev–Trinajstić information content (AvgIpc) is 2.65. The quantitative estimate of drug-likeness (QED) is 0.621. The third-order valence-corrected chi connectivity index (χ3v) is 5.91. The number of nitrogens with one attached hydrogen (secondary N) is 1. The Labute approximate surface area is 180 Å². The average molecular weight is 435 g/mol. The Morgan fingerprint density at radius 3 is 2.39 bits per heavy atom. The van der Waals surface area contributed by atoms with E-state index in [4.69, 9.17) is 4.74 Å². The van der Waals surface area contributed by atoms with Gasteiger partial charge >= 0.3 is 12.1 Å². The van der Waals surface area contributed by atoms with E-state index in [1.165, 1.54) is 12.1 Å². The highest BCUT2D eigenvalue weighted by Crippen LogP contribution is 2.47. The number of dihydropyridines is 1. The van der Waals surface area contributed by atoms with Crippen LogP contribution in [0.5, 0.6) is 0 Å².